The number of nitrogens with zero attached hydrogens (tertiary/aromatic N) is 3. The first kappa shape index (κ1) is 11.1. The van der Waals surface area contributed by atoms with E-state index in [-0.39, 0.29) is 6.61 Å². The van der Waals surface area contributed by atoms with Gasteiger partial charge in [0.15, 0.2) is 0 Å². The number of nitrogens with two attached hydrogens (primary N) is 1. The highest BCUT2D eigenvalue weighted by Crippen LogP contribution is 2.28. The van der Waals surface area contributed by atoms with Crippen molar-refractivity contribution >= 4 is 11.8 Å². The summed E-state index contributed by atoms with van der Waals surface area (Å²) in [5.74, 6) is 6.50. The lowest BCUT2D eigenvalue weighted by atomic mass is 9.91. The van der Waals surface area contributed by atoms with E-state index in [4.69, 9.17) is 10.9 Å². The van der Waals surface area contributed by atoms with Gasteiger partial charge in [0.1, 0.15) is 5.82 Å². The summed E-state index contributed by atoms with van der Waals surface area (Å²) in [5, 5.41) is 9.07. The second kappa shape index (κ2) is 5.09. The zero-order chi connectivity index (χ0) is 11.4. The lowest BCUT2D eigenvalue weighted by Gasteiger charge is -2.38. The summed E-state index contributed by atoms with van der Waals surface area (Å²) in [4.78, 5) is 10.4. The molecule has 0 amide bonds. The van der Waals surface area contributed by atoms with E-state index in [1.807, 2.05) is 6.07 Å². The first-order valence-corrected chi connectivity index (χ1v) is 5.52. The van der Waals surface area contributed by atoms with Crippen molar-refractivity contribution < 1.29 is 5.11 Å². The number of anilines is 2. The monoisotopic (exact) mass is 223 g/mol. The highest BCUT2D eigenvalue weighted by molar-refractivity contribution is 5.43. The van der Waals surface area contributed by atoms with E-state index in [0.717, 1.165) is 18.7 Å². The van der Waals surface area contributed by atoms with E-state index < -0.39 is 0 Å². The largest absolute Gasteiger partial charge is 0.395 e. The summed E-state index contributed by atoms with van der Waals surface area (Å²) in [7, 11) is 0. The van der Waals surface area contributed by atoms with Crippen LogP contribution in [0.3, 0.4) is 0 Å². The predicted octanol–water partition coefficient (Wildman–Crippen LogP) is 0.113. The fourth-order valence-corrected chi connectivity index (χ4v) is 1.87. The fraction of sp³-hybridized carbons (Fsp3) is 0.600. The van der Waals surface area contributed by atoms with Crippen LogP contribution in [-0.4, -0.2) is 34.3 Å². The summed E-state index contributed by atoms with van der Waals surface area (Å²) in [5.41, 5.74) is 2.43. The van der Waals surface area contributed by atoms with Crippen LogP contribution in [0.1, 0.15) is 19.3 Å². The smallest absolute Gasteiger partial charge is 0.239 e. The minimum absolute atomic E-state index is 0.131. The zero-order valence-electron chi connectivity index (χ0n) is 9.13. The molecule has 1 heterocycles. The Labute approximate surface area is 94.5 Å². The highest BCUT2D eigenvalue weighted by Gasteiger charge is 2.25. The quantitative estimate of drug-likeness (QED) is 0.485. The minimum Gasteiger partial charge on any atom is -0.395 e. The van der Waals surface area contributed by atoms with Gasteiger partial charge >= 0.3 is 0 Å². The SMILES string of the molecule is NNc1nccc(N(CCO)C2CCC2)n1. The first-order chi connectivity index (χ1) is 7.85. The van der Waals surface area contributed by atoms with Crippen LogP contribution in [0.2, 0.25) is 0 Å². The number of rotatable bonds is 5. The molecule has 6 heteroatoms. The molecule has 1 aromatic rings. The summed E-state index contributed by atoms with van der Waals surface area (Å²) in [6.07, 6.45) is 5.24. The molecule has 6 nitrogen and oxygen atoms in total. The van der Waals surface area contributed by atoms with Gasteiger partial charge in [0, 0.05) is 18.8 Å². The number of hydrogen-bond donors (Lipinski definition) is 3. The standard InChI is InChI=1S/C10H17N5O/c11-14-10-12-5-4-9(13-10)15(6-7-16)8-2-1-3-8/h4-5,8,16H,1-3,6-7,11H2,(H,12,13,14). The predicted molar refractivity (Wildman–Crippen MR) is 61.9 cm³/mol. The van der Waals surface area contributed by atoms with Gasteiger partial charge in [-0.2, -0.15) is 4.98 Å². The Bertz CT molecular complexity index is 342. The van der Waals surface area contributed by atoms with Crippen molar-refractivity contribution in [3.8, 4) is 0 Å². The molecule has 16 heavy (non-hydrogen) atoms. The zero-order valence-corrected chi connectivity index (χ0v) is 9.13. The second-order valence-electron chi connectivity index (χ2n) is 3.88. The molecule has 0 radical (unpaired) electrons. The number of nitrogen functional groups attached to an aromatic ring is 1. The Morgan fingerprint density at radius 2 is 2.38 bits per heavy atom. The third-order valence-corrected chi connectivity index (χ3v) is 2.92. The second-order valence-corrected chi connectivity index (χ2v) is 3.88. The van der Waals surface area contributed by atoms with Crippen LogP contribution >= 0.6 is 0 Å². The van der Waals surface area contributed by atoms with Crippen LogP contribution < -0.4 is 16.2 Å². The van der Waals surface area contributed by atoms with Gasteiger partial charge < -0.3 is 10.0 Å². The number of aliphatic hydroxyl groups excluding tert-OH is 1. The van der Waals surface area contributed by atoms with E-state index in [1.165, 1.54) is 6.42 Å². The van der Waals surface area contributed by atoms with E-state index >= 15 is 0 Å². The molecule has 1 aliphatic rings. The Morgan fingerprint density at radius 1 is 1.56 bits per heavy atom. The fourth-order valence-electron chi connectivity index (χ4n) is 1.87. The Kier molecular flexibility index (Phi) is 3.53. The molecule has 1 aliphatic carbocycles. The molecule has 0 unspecified atom stereocenters. The van der Waals surface area contributed by atoms with Crippen LogP contribution in [0.25, 0.3) is 0 Å². The number of nitrogens with one attached hydrogen (secondary N) is 1. The van der Waals surface area contributed by atoms with E-state index in [2.05, 4.69) is 20.3 Å². The molecule has 1 fully saturated rings. The van der Waals surface area contributed by atoms with E-state index in [9.17, 15) is 0 Å². The maximum Gasteiger partial charge on any atom is 0.239 e. The molecule has 1 saturated carbocycles. The molecule has 0 spiro atoms. The molecule has 88 valence electrons. The number of hydrogen-bond acceptors (Lipinski definition) is 6. The Hall–Kier alpha value is -1.40. The molecule has 2 rings (SSSR count). The molecule has 0 bridgehead atoms. The van der Waals surface area contributed by atoms with Gasteiger partial charge in [-0.1, -0.05) is 0 Å². The van der Waals surface area contributed by atoms with Crippen LogP contribution in [0.4, 0.5) is 11.8 Å². The molecule has 0 aromatic carbocycles. The third-order valence-electron chi connectivity index (χ3n) is 2.92. The van der Waals surface area contributed by atoms with Crippen molar-refractivity contribution in [2.24, 2.45) is 5.84 Å². The minimum atomic E-state index is 0.131. The Balaban J connectivity index is 2.16. The third kappa shape index (κ3) is 2.23. The molecule has 0 saturated heterocycles. The first-order valence-electron chi connectivity index (χ1n) is 5.52. The van der Waals surface area contributed by atoms with Crippen molar-refractivity contribution in [3.63, 3.8) is 0 Å². The summed E-state index contributed by atoms with van der Waals surface area (Å²) in [6, 6.07) is 2.34. The van der Waals surface area contributed by atoms with Gasteiger partial charge in [0.05, 0.1) is 6.61 Å². The van der Waals surface area contributed by atoms with Crippen molar-refractivity contribution in [1.29, 1.82) is 0 Å². The van der Waals surface area contributed by atoms with Crippen LogP contribution in [0, 0.1) is 0 Å². The topological polar surface area (TPSA) is 87.3 Å². The molecule has 0 atom stereocenters. The number of hydrazine groups is 1. The summed E-state index contributed by atoms with van der Waals surface area (Å²) in [6.45, 7) is 0.734. The van der Waals surface area contributed by atoms with E-state index in [1.54, 1.807) is 6.20 Å². The normalized spacial score (nSPS) is 15.6. The van der Waals surface area contributed by atoms with Crippen molar-refractivity contribution in [1.82, 2.24) is 9.97 Å². The molecule has 0 aliphatic heterocycles. The van der Waals surface area contributed by atoms with Gasteiger partial charge in [-0.05, 0) is 25.3 Å². The van der Waals surface area contributed by atoms with Gasteiger partial charge in [0.25, 0.3) is 0 Å². The van der Waals surface area contributed by atoms with Crippen LogP contribution in [0.15, 0.2) is 12.3 Å². The van der Waals surface area contributed by atoms with Gasteiger partial charge in [-0.15, -0.1) is 0 Å². The van der Waals surface area contributed by atoms with Crippen molar-refractivity contribution in [2.75, 3.05) is 23.5 Å². The van der Waals surface area contributed by atoms with E-state index in [0.29, 0.717) is 18.5 Å². The molecule has 4 N–H and O–H groups in total. The van der Waals surface area contributed by atoms with Crippen molar-refractivity contribution in [3.05, 3.63) is 12.3 Å². The lowest BCUT2D eigenvalue weighted by Crippen LogP contribution is -2.42. The highest BCUT2D eigenvalue weighted by atomic mass is 16.3. The Morgan fingerprint density at radius 3 is 2.94 bits per heavy atom. The average molecular weight is 223 g/mol. The summed E-state index contributed by atoms with van der Waals surface area (Å²) >= 11 is 0. The van der Waals surface area contributed by atoms with Crippen LogP contribution in [0.5, 0.6) is 0 Å². The number of aromatic nitrogens is 2. The van der Waals surface area contributed by atoms with Gasteiger partial charge in [0.2, 0.25) is 5.95 Å². The maximum absolute atomic E-state index is 9.07. The summed E-state index contributed by atoms with van der Waals surface area (Å²) < 4.78 is 0. The molecular weight excluding hydrogens is 206 g/mol. The number of aliphatic hydroxyl groups is 1. The van der Waals surface area contributed by atoms with Crippen LogP contribution in [-0.2, 0) is 0 Å². The van der Waals surface area contributed by atoms with Gasteiger partial charge in [-0.25, -0.2) is 10.8 Å². The van der Waals surface area contributed by atoms with Crippen molar-refractivity contribution in [2.45, 2.75) is 25.3 Å². The molecular formula is C10H17N5O. The maximum atomic E-state index is 9.07. The van der Waals surface area contributed by atoms with Gasteiger partial charge in [-0.3, -0.25) is 5.43 Å². The molecule has 1 aromatic heterocycles. The lowest BCUT2D eigenvalue weighted by molar-refractivity contribution is 0.283. The average Bonchev–Trinajstić information content (AvgIpc) is 2.26.